The molecule has 0 fully saturated rings. The summed E-state index contributed by atoms with van der Waals surface area (Å²) in [6, 6.07) is 4.25. The number of hydrogen-bond donors (Lipinski definition) is 2. The Bertz CT molecular complexity index is 292. The van der Waals surface area contributed by atoms with Gasteiger partial charge in [0, 0.05) is 0 Å². The van der Waals surface area contributed by atoms with Crippen LogP contribution in [0, 0.1) is 6.92 Å². The lowest BCUT2D eigenvalue weighted by atomic mass is 10.1. The highest BCUT2D eigenvalue weighted by Gasteiger charge is 2.39. The van der Waals surface area contributed by atoms with Gasteiger partial charge in [0.15, 0.2) is 0 Å². The summed E-state index contributed by atoms with van der Waals surface area (Å²) in [6.45, 7) is 1.81. The number of alkyl halides is 3. The number of aryl methyl sites for hydroxylation is 1. The second kappa shape index (κ2) is 3.98. The van der Waals surface area contributed by atoms with Crippen LogP contribution < -0.4 is 11.3 Å². The maximum absolute atomic E-state index is 12.4. The van der Waals surface area contributed by atoms with Crippen molar-refractivity contribution in [1.29, 1.82) is 0 Å². The minimum absolute atomic E-state index is 0.116. The third-order valence-electron chi connectivity index (χ3n) is 1.90. The smallest absolute Gasteiger partial charge is 0.271 e. The number of nitrogens with one attached hydrogen (secondary N) is 1. The summed E-state index contributed by atoms with van der Waals surface area (Å²) < 4.78 is 37.1. The van der Waals surface area contributed by atoms with E-state index in [1.807, 2.05) is 6.92 Å². The fourth-order valence-electron chi connectivity index (χ4n) is 1.14. The maximum Gasteiger partial charge on any atom is 0.409 e. The van der Waals surface area contributed by atoms with Crippen molar-refractivity contribution < 1.29 is 13.2 Å². The monoisotopic (exact) mass is 204 g/mol. The third-order valence-corrected chi connectivity index (χ3v) is 1.90. The van der Waals surface area contributed by atoms with Crippen molar-refractivity contribution in [1.82, 2.24) is 5.43 Å². The molecule has 0 aliphatic heterocycles. The van der Waals surface area contributed by atoms with Gasteiger partial charge >= 0.3 is 6.18 Å². The first kappa shape index (κ1) is 11.0. The van der Waals surface area contributed by atoms with E-state index in [4.69, 9.17) is 5.84 Å². The Morgan fingerprint density at radius 2 is 1.71 bits per heavy atom. The average molecular weight is 204 g/mol. The van der Waals surface area contributed by atoms with Crippen LogP contribution >= 0.6 is 0 Å². The molecule has 0 aliphatic carbocycles. The first-order valence-electron chi connectivity index (χ1n) is 4.04. The second-order valence-electron chi connectivity index (χ2n) is 3.05. The van der Waals surface area contributed by atoms with Gasteiger partial charge in [0.25, 0.3) is 0 Å². The summed E-state index contributed by atoms with van der Waals surface area (Å²) in [6.07, 6.45) is -4.37. The second-order valence-corrected chi connectivity index (χ2v) is 3.05. The topological polar surface area (TPSA) is 38.0 Å². The highest BCUT2D eigenvalue weighted by atomic mass is 19.4. The predicted molar refractivity (Wildman–Crippen MR) is 47.3 cm³/mol. The van der Waals surface area contributed by atoms with Crippen molar-refractivity contribution in [3.05, 3.63) is 35.4 Å². The molecule has 0 spiro atoms. The normalized spacial score (nSPS) is 14.1. The van der Waals surface area contributed by atoms with Crippen LogP contribution in [0.4, 0.5) is 13.2 Å². The minimum atomic E-state index is -4.37. The zero-order chi connectivity index (χ0) is 10.8. The van der Waals surface area contributed by atoms with E-state index < -0.39 is 12.2 Å². The van der Waals surface area contributed by atoms with Gasteiger partial charge in [-0.3, -0.25) is 5.84 Å². The van der Waals surface area contributed by atoms with Gasteiger partial charge in [-0.2, -0.15) is 13.2 Å². The highest BCUT2D eigenvalue weighted by molar-refractivity contribution is 5.24. The van der Waals surface area contributed by atoms with E-state index in [1.54, 1.807) is 17.6 Å². The molecule has 0 aromatic heterocycles. The molecule has 0 radical (unpaired) electrons. The summed E-state index contributed by atoms with van der Waals surface area (Å²) in [5.41, 5.74) is 2.78. The molecule has 2 nitrogen and oxygen atoms in total. The number of nitrogens with two attached hydrogens (primary N) is 1. The number of rotatable bonds is 2. The van der Waals surface area contributed by atoms with E-state index in [1.165, 1.54) is 12.1 Å². The molecule has 1 aromatic carbocycles. The fraction of sp³-hybridized carbons (Fsp3) is 0.333. The van der Waals surface area contributed by atoms with Crippen LogP contribution in [0.1, 0.15) is 17.2 Å². The van der Waals surface area contributed by atoms with Gasteiger partial charge in [-0.15, -0.1) is 0 Å². The predicted octanol–water partition coefficient (Wildman–Crippen LogP) is 2.06. The molecule has 1 rings (SSSR count). The van der Waals surface area contributed by atoms with Gasteiger partial charge in [0.05, 0.1) is 0 Å². The van der Waals surface area contributed by atoms with Crippen molar-refractivity contribution in [3.8, 4) is 0 Å². The Kier molecular flexibility index (Phi) is 3.13. The lowest BCUT2D eigenvalue weighted by Gasteiger charge is -2.19. The number of hydrazine groups is 1. The first-order chi connectivity index (χ1) is 6.45. The van der Waals surface area contributed by atoms with Gasteiger partial charge in [0.1, 0.15) is 6.04 Å². The van der Waals surface area contributed by atoms with Crippen molar-refractivity contribution in [2.75, 3.05) is 0 Å². The molecule has 3 N–H and O–H groups in total. The van der Waals surface area contributed by atoms with Gasteiger partial charge < -0.3 is 0 Å². The van der Waals surface area contributed by atoms with Crippen molar-refractivity contribution in [3.63, 3.8) is 0 Å². The molecule has 0 saturated carbocycles. The third kappa shape index (κ3) is 2.46. The zero-order valence-electron chi connectivity index (χ0n) is 7.60. The molecule has 1 unspecified atom stereocenters. The molecule has 0 saturated heterocycles. The molecule has 1 atom stereocenters. The van der Waals surface area contributed by atoms with E-state index in [-0.39, 0.29) is 5.56 Å². The minimum Gasteiger partial charge on any atom is -0.271 e. The molecular formula is C9H11F3N2. The van der Waals surface area contributed by atoms with Gasteiger partial charge in [0.2, 0.25) is 0 Å². The quantitative estimate of drug-likeness (QED) is 0.571. The molecule has 78 valence electrons. The van der Waals surface area contributed by atoms with Crippen LogP contribution in [0.25, 0.3) is 0 Å². The lowest BCUT2D eigenvalue weighted by Crippen LogP contribution is -2.38. The summed E-state index contributed by atoms with van der Waals surface area (Å²) in [5.74, 6) is 4.86. The number of hydrogen-bond acceptors (Lipinski definition) is 2. The SMILES string of the molecule is Cc1ccc(C(NN)C(F)(F)F)cc1. The molecule has 1 aromatic rings. The molecule has 0 heterocycles. The van der Waals surface area contributed by atoms with E-state index in [2.05, 4.69) is 0 Å². The molecule has 0 bridgehead atoms. The van der Waals surface area contributed by atoms with E-state index in [0.29, 0.717) is 0 Å². The lowest BCUT2D eigenvalue weighted by molar-refractivity contribution is -0.157. The summed E-state index contributed by atoms with van der Waals surface area (Å²) in [4.78, 5) is 0. The number of halogens is 3. The van der Waals surface area contributed by atoms with Crippen LogP contribution in [0.15, 0.2) is 24.3 Å². The largest absolute Gasteiger partial charge is 0.409 e. The molecule has 5 heteroatoms. The van der Waals surface area contributed by atoms with Crippen LogP contribution in [0.2, 0.25) is 0 Å². The highest BCUT2D eigenvalue weighted by Crippen LogP contribution is 2.31. The van der Waals surface area contributed by atoms with Gasteiger partial charge in [-0.05, 0) is 12.5 Å². The van der Waals surface area contributed by atoms with Crippen LogP contribution in [0.3, 0.4) is 0 Å². The Balaban J connectivity index is 2.96. The standard InChI is InChI=1S/C9H11F3N2/c1-6-2-4-7(5-3-6)8(14-13)9(10,11)12/h2-5,8,14H,13H2,1H3. The van der Waals surface area contributed by atoms with Crippen molar-refractivity contribution >= 4 is 0 Å². The Hall–Kier alpha value is -1.07. The van der Waals surface area contributed by atoms with Crippen LogP contribution in [-0.2, 0) is 0 Å². The number of benzene rings is 1. The van der Waals surface area contributed by atoms with E-state index >= 15 is 0 Å². The molecule has 0 amide bonds. The summed E-state index contributed by atoms with van der Waals surface area (Å²) in [5, 5.41) is 0. The van der Waals surface area contributed by atoms with Crippen molar-refractivity contribution in [2.24, 2.45) is 5.84 Å². The molecule has 14 heavy (non-hydrogen) atoms. The molecule has 0 aliphatic rings. The summed E-state index contributed by atoms with van der Waals surface area (Å²) in [7, 11) is 0. The van der Waals surface area contributed by atoms with E-state index in [9.17, 15) is 13.2 Å². The first-order valence-corrected chi connectivity index (χ1v) is 4.04. The van der Waals surface area contributed by atoms with E-state index in [0.717, 1.165) is 5.56 Å². The van der Waals surface area contributed by atoms with Crippen LogP contribution in [-0.4, -0.2) is 6.18 Å². The zero-order valence-corrected chi connectivity index (χ0v) is 7.60. The molecular weight excluding hydrogens is 193 g/mol. The Morgan fingerprint density at radius 1 is 1.21 bits per heavy atom. The fourth-order valence-corrected chi connectivity index (χ4v) is 1.14. The van der Waals surface area contributed by atoms with Gasteiger partial charge in [-0.25, -0.2) is 5.43 Å². The van der Waals surface area contributed by atoms with Crippen molar-refractivity contribution in [2.45, 2.75) is 19.1 Å². The Morgan fingerprint density at radius 3 is 2.07 bits per heavy atom. The maximum atomic E-state index is 12.4. The Labute approximate surface area is 79.9 Å². The average Bonchev–Trinajstić information content (AvgIpc) is 2.07. The van der Waals surface area contributed by atoms with Gasteiger partial charge in [-0.1, -0.05) is 29.8 Å². The summed E-state index contributed by atoms with van der Waals surface area (Å²) >= 11 is 0. The van der Waals surface area contributed by atoms with Crippen LogP contribution in [0.5, 0.6) is 0 Å².